The molecule has 0 radical (unpaired) electrons. The molecule has 1 heterocycles. The Morgan fingerprint density at radius 3 is 2.67 bits per heavy atom. The van der Waals surface area contributed by atoms with Crippen LogP contribution in [0.2, 0.25) is 0 Å². The number of Topliss-reactive ketones (excluding diaryl/α,β-unsaturated/α-hetero) is 1. The van der Waals surface area contributed by atoms with Crippen LogP contribution in [0.15, 0.2) is 0 Å². The number of thioether (sulfide) groups is 1. The third-order valence-corrected chi connectivity index (χ3v) is 2.48. The molecule has 66 valence electrons. The first-order valence-corrected chi connectivity index (χ1v) is 4.72. The lowest BCUT2D eigenvalue weighted by molar-refractivity contribution is -0.128. The summed E-state index contributed by atoms with van der Waals surface area (Å²) in [6, 6.07) is 0. The fourth-order valence-electron chi connectivity index (χ4n) is 0.752. The third-order valence-electron chi connectivity index (χ3n) is 1.32. The summed E-state index contributed by atoms with van der Waals surface area (Å²) < 4.78 is 0. The van der Waals surface area contributed by atoms with E-state index >= 15 is 0 Å². The molecule has 1 aliphatic heterocycles. The molecule has 1 rings (SSSR count). The van der Waals surface area contributed by atoms with E-state index in [1.165, 1.54) is 0 Å². The van der Waals surface area contributed by atoms with E-state index in [9.17, 15) is 14.4 Å². The van der Waals surface area contributed by atoms with E-state index in [1.54, 1.807) is 0 Å². The first-order valence-electron chi connectivity index (χ1n) is 3.20. The largest absolute Gasteiger partial charge is 0.296 e. The van der Waals surface area contributed by atoms with Crippen LogP contribution in [0.1, 0.15) is 0 Å². The van der Waals surface area contributed by atoms with Gasteiger partial charge in [-0.05, 0) is 0 Å². The molecular formula is C6H6ClNO3S. The molecule has 0 aromatic rings. The normalized spacial score (nSPS) is 17.2. The Balaban J connectivity index is 2.56. The van der Waals surface area contributed by atoms with Gasteiger partial charge in [0.2, 0.25) is 5.91 Å². The van der Waals surface area contributed by atoms with Gasteiger partial charge in [0.05, 0.1) is 18.2 Å². The third kappa shape index (κ3) is 1.98. The summed E-state index contributed by atoms with van der Waals surface area (Å²) in [5, 5.41) is -0.363. The molecule has 2 amide bonds. The van der Waals surface area contributed by atoms with Gasteiger partial charge in [-0.25, -0.2) is 0 Å². The van der Waals surface area contributed by atoms with Crippen LogP contribution in [0.4, 0.5) is 4.79 Å². The predicted octanol–water partition coefficient (Wildman–Crippen LogP) is 0.490. The standard InChI is InChI=1S/C6H6ClNO3S/c7-1-4(9)2-8-5(10)3-12-6(8)11/h1-3H2. The number of amides is 2. The van der Waals surface area contributed by atoms with Crippen molar-refractivity contribution in [2.45, 2.75) is 0 Å². The zero-order valence-electron chi connectivity index (χ0n) is 6.08. The van der Waals surface area contributed by atoms with Crippen molar-refractivity contribution in [2.24, 2.45) is 0 Å². The van der Waals surface area contributed by atoms with Crippen LogP contribution in [0.25, 0.3) is 0 Å². The van der Waals surface area contributed by atoms with Gasteiger partial charge in [0, 0.05) is 0 Å². The molecule has 1 fully saturated rings. The summed E-state index contributed by atoms with van der Waals surface area (Å²) >= 11 is 6.13. The van der Waals surface area contributed by atoms with Gasteiger partial charge in [-0.2, -0.15) is 0 Å². The van der Waals surface area contributed by atoms with E-state index in [1.807, 2.05) is 0 Å². The molecule has 0 aromatic carbocycles. The van der Waals surface area contributed by atoms with E-state index in [0.29, 0.717) is 0 Å². The molecule has 0 N–H and O–H groups in total. The van der Waals surface area contributed by atoms with E-state index < -0.39 is 0 Å². The topological polar surface area (TPSA) is 54.5 Å². The summed E-state index contributed by atoms with van der Waals surface area (Å²) in [6.07, 6.45) is 0. The second-order valence-electron chi connectivity index (χ2n) is 2.21. The molecule has 0 bridgehead atoms. The number of imide groups is 1. The quantitative estimate of drug-likeness (QED) is 0.632. The number of carbonyl (C=O) groups is 3. The van der Waals surface area contributed by atoms with Crippen molar-refractivity contribution >= 4 is 40.3 Å². The monoisotopic (exact) mass is 207 g/mol. The number of carbonyl (C=O) groups excluding carboxylic acids is 3. The lowest BCUT2D eigenvalue weighted by Crippen LogP contribution is -2.34. The number of alkyl halides is 1. The van der Waals surface area contributed by atoms with Gasteiger partial charge in [0.15, 0.2) is 5.78 Å². The van der Waals surface area contributed by atoms with Gasteiger partial charge in [0.25, 0.3) is 5.24 Å². The first kappa shape index (κ1) is 9.54. The van der Waals surface area contributed by atoms with E-state index in [4.69, 9.17) is 11.6 Å². The lowest BCUT2D eigenvalue weighted by Gasteiger charge is -2.09. The molecule has 0 atom stereocenters. The molecular weight excluding hydrogens is 202 g/mol. The van der Waals surface area contributed by atoms with E-state index in [0.717, 1.165) is 16.7 Å². The Hall–Kier alpha value is -0.550. The van der Waals surface area contributed by atoms with Crippen LogP contribution in [-0.4, -0.2) is 40.0 Å². The highest BCUT2D eigenvalue weighted by molar-refractivity contribution is 8.14. The Kier molecular flexibility index (Phi) is 3.11. The predicted molar refractivity (Wildman–Crippen MR) is 45.3 cm³/mol. The minimum absolute atomic E-state index is 0.133. The molecule has 0 aliphatic carbocycles. The van der Waals surface area contributed by atoms with Crippen LogP contribution in [0, 0.1) is 0 Å². The summed E-state index contributed by atoms with van der Waals surface area (Å²) in [7, 11) is 0. The molecule has 1 aliphatic rings. The van der Waals surface area contributed by atoms with Gasteiger partial charge < -0.3 is 0 Å². The number of rotatable bonds is 3. The van der Waals surface area contributed by atoms with Gasteiger partial charge in [-0.15, -0.1) is 11.6 Å². The Morgan fingerprint density at radius 1 is 1.58 bits per heavy atom. The zero-order valence-corrected chi connectivity index (χ0v) is 7.65. The van der Waals surface area contributed by atoms with Crippen LogP contribution in [0.5, 0.6) is 0 Å². The minimum atomic E-state index is -0.363. The number of halogens is 1. The number of ketones is 1. The molecule has 12 heavy (non-hydrogen) atoms. The molecule has 1 saturated heterocycles. The Bertz CT molecular complexity index is 227. The number of nitrogens with zero attached hydrogens (tertiary/aromatic N) is 1. The maximum absolute atomic E-state index is 10.9. The molecule has 0 spiro atoms. The molecule has 0 aromatic heterocycles. The SMILES string of the molecule is O=C(CCl)CN1C(=O)CSC1=O. The number of hydrogen-bond donors (Lipinski definition) is 0. The average molecular weight is 208 g/mol. The van der Waals surface area contributed by atoms with Crippen LogP contribution >= 0.6 is 23.4 Å². The zero-order chi connectivity index (χ0) is 9.14. The van der Waals surface area contributed by atoms with E-state index in [-0.39, 0.29) is 35.1 Å². The second kappa shape index (κ2) is 3.91. The average Bonchev–Trinajstić information content (AvgIpc) is 2.35. The summed E-state index contributed by atoms with van der Waals surface area (Å²) in [5.74, 6) is -0.666. The summed E-state index contributed by atoms with van der Waals surface area (Å²) in [5.41, 5.74) is 0. The van der Waals surface area contributed by atoms with Crippen LogP contribution in [0.3, 0.4) is 0 Å². The fourth-order valence-corrected chi connectivity index (χ4v) is 1.56. The van der Waals surface area contributed by atoms with Crippen LogP contribution < -0.4 is 0 Å². The van der Waals surface area contributed by atoms with Crippen molar-refractivity contribution in [1.29, 1.82) is 0 Å². The molecule has 4 nitrogen and oxygen atoms in total. The minimum Gasteiger partial charge on any atom is -0.296 e. The van der Waals surface area contributed by atoms with Crippen molar-refractivity contribution < 1.29 is 14.4 Å². The smallest absolute Gasteiger partial charge is 0.289 e. The highest BCUT2D eigenvalue weighted by Gasteiger charge is 2.30. The van der Waals surface area contributed by atoms with E-state index in [2.05, 4.69) is 0 Å². The van der Waals surface area contributed by atoms with Gasteiger partial charge in [-0.3, -0.25) is 19.3 Å². The second-order valence-corrected chi connectivity index (χ2v) is 3.40. The van der Waals surface area contributed by atoms with Crippen molar-refractivity contribution in [3.05, 3.63) is 0 Å². The number of hydrogen-bond acceptors (Lipinski definition) is 4. The molecule has 0 unspecified atom stereocenters. The van der Waals surface area contributed by atoms with Crippen molar-refractivity contribution in [3.8, 4) is 0 Å². The lowest BCUT2D eigenvalue weighted by atomic mass is 10.4. The maximum Gasteiger partial charge on any atom is 0.289 e. The van der Waals surface area contributed by atoms with Gasteiger partial charge in [-0.1, -0.05) is 11.8 Å². The van der Waals surface area contributed by atoms with Crippen LogP contribution in [-0.2, 0) is 9.59 Å². The van der Waals surface area contributed by atoms with Crippen molar-refractivity contribution in [2.75, 3.05) is 18.2 Å². The first-order chi connectivity index (χ1) is 5.65. The summed E-state index contributed by atoms with van der Waals surface area (Å²) in [4.78, 5) is 33.5. The highest BCUT2D eigenvalue weighted by Crippen LogP contribution is 2.17. The molecule has 6 heteroatoms. The van der Waals surface area contributed by atoms with Crippen molar-refractivity contribution in [3.63, 3.8) is 0 Å². The highest BCUT2D eigenvalue weighted by atomic mass is 35.5. The fraction of sp³-hybridized carbons (Fsp3) is 0.500. The van der Waals surface area contributed by atoms with Gasteiger partial charge in [0.1, 0.15) is 0 Å². The molecule has 0 saturated carbocycles. The maximum atomic E-state index is 10.9. The van der Waals surface area contributed by atoms with Gasteiger partial charge >= 0.3 is 0 Å². The Labute approximate surface area is 78.2 Å². The summed E-state index contributed by atoms with van der Waals surface area (Å²) in [6.45, 7) is -0.186. The Morgan fingerprint density at radius 2 is 2.25 bits per heavy atom. The van der Waals surface area contributed by atoms with Crippen molar-refractivity contribution in [1.82, 2.24) is 4.90 Å².